The first-order chi connectivity index (χ1) is 10.2. The Labute approximate surface area is 127 Å². The Morgan fingerprint density at radius 1 is 1.19 bits per heavy atom. The van der Waals surface area contributed by atoms with Gasteiger partial charge in [0.15, 0.2) is 0 Å². The lowest BCUT2D eigenvalue weighted by atomic mass is 9.93. The van der Waals surface area contributed by atoms with E-state index in [1.54, 1.807) is 6.08 Å². The third-order valence-corrected chi connectivity index (χ3v) is 3.42. The van der Waals surface area contributed by atoms with Crippen LogP contribution in [0.4, 0.5) is 0 Å². The molecule has 0 radical (unpaired) electrons. The van der Waals surface area contributed by atoms with Crippen molar-refractivity contribution in [2.75, 3.05) is 26.4 Å². The first kappa shape index (κ1) is 17.7. The maximum absolute atomic E-state index is 10.3. The minimum atomic E-state index is -0.901. The molecular formula is C17H26O4. The van der Waals surface area contributed by atoms with E-state index in [9.17, 15) is 4.79 Å². The average molecular weight is 294 g/mol. The van der Waals surface area contributed by atoms with Crippen molar-refractivity contribution in [1.29, 1.82) is 0 Å². The highest BCUT2D eigenvalue weighted by Gasteiger charge is 2.27. The number of aliphatic carboxylic acids is 1. The van der Waals surface area contributed by atoms with Gasteiger partial charge in [0.2, 0.25) is 0 Å². The fourth-order valence-electron chi connectivity index (χ4n) is 2.22. The van der Waals surface area contributed by atoms with E-state index >= 15 is 0 Å². The van der Waals surface area contributed by atoms with Crippen LogP contribution in [0.3, 0.4) is 0 Å². The number of allylic oxidation sites excluding steroid dienone is 4. The van der Waals surface area contributed by atoms with Crippen LogP contribution >= 0.6 is 0 Å². The zero-order chi connectivity index (χ0) is 15.3. The van der Waals surface area contributed by atoms with Crippen molar-refractivity contribution < 1.29 is 19.4 Å². The lowest BCUT2D eigenvalue weighted by Gasteiger charge is -2.15. The Morgan fingerprint density at radius 2 is 2.00 bits per heavy atom. The molecular weight excluding hydrogens is 268 g/mol. The van der Waals surface area contributed by atoms with Gasteiger partial charge in [-0.3, -0.25) is 0 Å². The fraction of sp³-hybridized carbons (Fsp3) is 0.588. The highest BCUT2D eigenvalue weighted by atomic mass is 16.5. The standard InChI is InChI=1S/C17H26O4/c1-2-3-8-11-20-13-16-14-21-12-15(16)9-6-4-5-7-10-17(18)19/h3-4,6-8,10,15-16H,2,5,9,11-14H2,1H3,(H,18,19)/t15-,16+/m1/s1. The van der Waals surface area contributed by atoms with Gasteiger partial charge in [0.1, 0.15) is 0 Å². The molecule has 0 aliphatic carbocycles. The molecule has 0 aromatic carbocycles. The van der Waals surface area contributed by atoms with Crippen molar-refractivity contribution in [3.63, 3.8) is 0 Å². The van der Waals surface area contributed by atoms with E-state index < -0.39 is 5.97 Å². The van der Waals surface area contributed by atoms with E-state index in [1.165, 1.54) is 6.08 Å². The van der Waals surface area contributed by atoms with Gasteiger partial charge in [0.05, 0.1) is 26.4 Å². The average Bonchev–Trinajstić information content (AvgIpc) is 2.89. The van der Waals surface area contributed by atoms with E-state index in [-0.39, 0.29) is 0 Å². The van der Waals surface area contributed by atoms with Crippen molar-refractivity contribution in [1.82, 2.24) is 0 Å². The summed E-state index contributed by atoms with van der Waals surface area (Å²) < 4.78 is 11.2. The largest absolute Gasteiger partial charge is 0.478 e. The molecule has 0 aromatic rings. The number of carboxylic acid groups (broad SMARTS) is 1. The van der Waals surface area contributed by atoms with Gasteiger partial charge < -0.3 is 14.6 Å². The summed E-state index contributed by atoms with van der Waals surface area (Å²) in [5.41, 5.74) is 0. The number of carboxylic acids is 1. The topological polar surface area (TPSA) is 55.8 Å². The Bertz CT molecular complexity index is 371. The molecule has 0 unspecified atom stereocenters. The summed E-state index contributed by atoms with van der Waals surface area (Å²) in [7, 11) is 0. The van der Waals surface area contributed by atoms with Crippen molar-refractivity contribution in [2.45, 2.75) is 26.2 Å². The molecule has 0 bridgehead atoms. The Balaban J connectivity index is 2.19. The predicted molar refractivity (Wildman–Crippen MR) is 83.2 cm³/mol. The number of rotatable bonds is 10. The third-order valence-electron chi connectivity index (χ3n) is 3.42. The molecule has 4 heteroatoms. The van der Waals surface area contributed by atoms with E-state index in [0.29, 0.717) is 24.9 Å². The van der Waals surface area contributed by atoms with Gasteiger partial charge in [0.25, 0.3) is 0 Å². The molecule has 1 aliphatic heterocycles. The molecule has 1 saturated heterocycles. The second-order valence-electron chi connectivity index (χ2n) is 5.16. The molecule has 1 fully saturated rings. The molecule has 0 amide bonds. The Kier molecular flexibility index (Phi) is 9.49. The van der Waals surface area contributed by atoms with Crippen LogP contribution in [-0.4, -0.2) is 37.5 Å². The lowest BCUT2D eigenvalue weighted by molar-refractivity contribution is -0.131. The zero-order valence-electron chi connectivity index (χ0n) is 12.7. The van der Waals surface area contributed by atoms with Crippen LogP contribution in [-0.2, 0) is 14.3 Å². The molecule has 21 heavy (non-hydrogen) atoms. The van der Waals surface area contributed by atoms with Crippen molar-refractivity contribution in [2.24, 2.45) is 11.8 Å². The summed E-state index contributed by atoms with van der Waals surface area (Å²) in [5, 5.41) is 8.47. The highest BCUT2D eigenvalue weighted by molar-refractivity contribution is 5.79. The maximum Gasteiger partial charge on any atom is 0.327 e. The summed E-state index contributed by atoms with van der Waals surface area (Å²) in [6, 6.07) is 0. The minimum Gasteiger partial charge on any atom is -0.478 e. The van der Waals surface area contributed by atoms with Crippen LogP contribution in [0.25, 0.3) is 0 Å². The summed E-state index contributed by atoms with van der Waals surface area (Å²) in [5.74, 6) is 0.0565. The first-order valence-corrected chi connectivity index (χ1v) is 7.59. The van der Waals surface area contributed by atoms with Crippen LogP contribution in [0.2, 0.25) is 0 Å². The van der Waals surface area contributed by atoms with E-state index in [2.05, 4.69) is 25.2 Å². The van der Waals surface area contributed by atoms with E-state index in [0.717, 1.165) is 32.7 Å². The van der Waals surface area contributed by atoms with Crippen molar-refractivity contribution in [3.8, 4) is 0 Å². The monoisotopic (exact) mass is 294 g/mol. The molecule has 118 valence electrons. The molecule has 1 aliphatic rings. The lowest BCUT2D eigenvalue weighted by Crippen LogP contribution is -2.18. The van der Waals surface area contributed by atoms with E-state index in [4.69, 9.17) is 14.6 Å². The normalized spacial score (nSPS) is 22.9. The van der Waals surface area contributed by atoms with Crippen LogP contribution in [0.5, 0.6) is 0 Å². The van der Waals surface area contributed by atoms with Gasteiger partial charge in [-0.1, -0.05) is 37.3 Å². The van der Waals surface area contributed by atoms with E-state index in [1.807, 2.05) is 6.08 Å². The molecule has 1 N–H and O–H groups in total. The van der Waals surface area contributed by atoms with Crippen LogP contribution < -0.4 is 0 Å². The van der Waals surface area contributed by atoms with Crippen molar-refractivity contribution in [3.05, 3.63) is 36.5 Å². The van der Waals surface area contributed by atoms with Gasteiger partial charge in [-0.25, -0.2) is 4.79 Å². The molecule has 4 nitrogen and oxygen atoms in total. The van der Waals surface area contributed by atoms with Gasteiger partial charge in [-0.05, 0) is 25.2 Å². The number of carbonyl (C=O) groups is 1. The smallest absolute Gasteiger partial charge is 0.327 e. The first-order valence-electron chi connectivity index (χ1n) is 7.59. The molecule has 0 saturated carbocycles. The zero-order valence-corrected chi connectivity index (χ0v) is 12.7. The van der Waals surface area contributed by atoms with Crippen LogP contribution in [0, 0.1) is 11.8 Å². The number of hydrogen-bond acceptors (Lipinski definition) is 3. The predicted octanol–water partition coefficient (Wildman–Crippen LogP) is 3.21. The second-order valence-corrected chi connectivity index (χ2v) is 5.16. The number of ether oxygens (including phenoxy) is 2. The molecule has 0 spiro atoms. The van der Waals surface area contributed by atoms with Gasteiger partial charge in [-0.15, -0.1) is 0 Å². The molecule has 2 atom stereocenters. The summed E-state index contributed by atoms with van der Waals surface area (Å²) >= 11 is 0. The van der Waals surface area contributed by atoms with Crippen molar-refractivity contribution >= 4 is 5.97 Å². The Morgan fingerprint density at radius 3 is 2.76 bits per heavy atom. The number of hydrogen-bond donors (Lipinski definition) is 1. The SMILES string of the molecule is CCC=CCOC[C@H]1COC[C@H]1CC=CCC=CC(=O)O. The summed E-state index contributed by atoms with van der Waals surface area (Å²) in [6.07, 6.45) is 13.7. The summed E-state index contributed by atoms with van der Waals surface area (Å²) in [4.78, 5) is 10.3. The summed E-state index contributed by atoms with van der Waals surface area (Å²) in [6.45, 7) is 5.08. The van der Waals surface area contributed by atoms with Gasteiger partial charge in [-0.2, -0.15) is 0 Å². The maximum atomic E-state index is 10.3. The van der Waals surface area contributed by atoms with Gasteiger partial charge >= 0.3 is 5.97 Å². The Hall–Kier alpha value is -1.39. The fourth-order valence-corrected chi connectivity index (χ4v) is 2.22. The second kappa shape index (κ2) is 11.3. The quantitative estimate of drug-likeness (QED) is 0.382. The highest BCUT2D eigenvalue weighted by Crippen LogP contribution is 2.24. The van der Waals surface area contributed by atoms with Crippen LogP contribution in [0.15, 0.2) is 36.5 Å². The molecule has 0 aromatic heterocycles. The van der Waals surface area contributed by atoms with Crippen LogP contribution in [0.1, 0.15) is 26.2 Å². The third kappa shape index (κ3) is 8.48. The van der Waals surface area contributed by atoms with Gasteiger partial charge in [0, 0.05) is 12.0 Å². The molecule has 1 rings (SSSR count). The minimum absolute atomic E-state index is 0.458. The molecule has 1 heterocycles.